The second-order valence-electron chi connectivity index (χ2n) is 3.94. The highest BCUT2D eigenvalue weighted by molar-refractivity contribution is 5.78. The topological polar surface area (TPSA) is 49.3 Å². The summed E-state index contributed by atoms with van der Waals surface area (Å²) >= 11 is 0. The molecule has 1 rings (SSSR count). The summed E-state index contributed by atoms with van der Waals surface area (Å²) < 4.78 is 0. The van der Waals surface area contributed by atoms with Crippen molar-refractivity contribution in [1.29, 1.82) is 0 Å². The van der Waals surface area contributed by atoms with Crippen molar-refractivity contribution in [3.8, 4) is 0 Å². The van der Waals surface area contributed by atoms with Crippen LogP contribution in [-0.2, 0) is 4.79 Å². The van der Waals surface area contributed by atoms with Crippen molar-refractivity contribution in [2.24, 2.45) is 0 Å². The van der Waals surface area contributed by atoms with Crippen molar-refractivity contribution in [3.05, 3.63) is 11.6 Å². The van der Waals surface area contributed by atoms with E-state index < -0.39 is 6.10 Å². The van der Waals surface area contributed by atoms with Crippen molar-refractivity contribution in [2.75, 3.05) is 6.54 Å². The number of carbonyl (C=O) groups is 1. The second-order valence-corrected chi connectivity index (χ2v) is 3.94. The molecule has 0 radical (unpaired) electrons. The zero-order valence-electron chi connectivity index (χ0n) is 8.75. The molecular weight excluding hydrogens is 178 g/mol. The molecule has 0 spiro atoms. The van der Waals surface area contributed by atoms with Crippen LogP contribution in [0.3, 0.4) is 0 Å². The fourth-order valence-electron chi connectivity index (χ4n) is 1.60. The SMILES string of the molecule is C[C@@H](O)CNC(=O)CC1=CCCCC1. The molecule has 0 aromatic heterocycles. The van der Waals surface area contributed by atoms with E-state index in [4.69, 9.17) is 5.11 Å². The Morgan fingerprint density at radius 2 is 2.43 bits per heavy atom. The van der Waals surface area contributed by atoms with Gasteiger partial charge in [-0.15, -0.1) is 0 Å². The maximum absolute atomic E-state index is 11.4. The third-order valence-electron chi connectivity index (χ3n) is 2.37. The molecule has 0 aromatic carbocycles. The average molecular weight is 197 g/mol. The maximum Gasteiger partial charge on any atom is 0.224 e. The van der Waals surface area contributed by atoms with Crippen LogP contribution in [0.2, 0.25) is 0 Å². The van der Waals surface area contributed by atoms with Gasteiger partial charge in [0.2, 0.25) is 5.91 Å². The molecule has 14 heavy (non-hydrogen) atoms. The smallest absolute Gasteiger partial charge is 0.224 e. The molecule has 0 fully saturated rings. The Kier molecular flexibility index (Phi) is 4.66. The van der Waals surface area contributed by atoms with Crippen molar-refractivity contribution >= 4 is 5.91 Å². The van der Waals surface area contributed by atoms with Crippen LogP contribution in [0.25, 0.3) is 0 Å². The number of nitrogens with one attached hydrogen (secondary N) is 1. The molecule has 3 nitrogen and oxygen atoms in total. The molecule has 2 N–H and O–H groups in total. The average Bonchev–Trinajstić information content (AvgIpc) is 2.16. The lowest BCUT2D eigenvalue weighted by Gasteiger charge is -2.13. The normalized spacial score (nSPS) is 18.6. The summed E-state index contributed by atoms with van der Waals surface area (Å²) in [4.78, 5) is 11.4. The maximum atomic E-state index is 11.4. The fraction of sp³-hybridized carbons (Fsp3) is 0.727. The molecule has 1 aliphatic carbocycles. The standard InChI is InChI=1S/C11H19NO2/c1-9(13)8-12-11(14)7-10-5-3-2-4-6-10/h5,9,13H,2-4,6-8H2,1H3,(H,12,14)/t9-/m1/s1. The van der Waals surface area contributed by atoms with Crippen LogP contribution in [0.1, 0.15) is 39.0 Å². The van der Waals surface area contributed by atoms with Crippen LogP contribution in [0.15, 0.2) is 11.6 Å². The summed E-state index contributed by atoms with van der Waals surface area (Å²) in [5.74, 6) is 0.0269. The van der Waals surface area contributed by atoms with E-state index in [0.29, 0.717) is 13.0 Å². The van der Waals surface area contributed by atoms with E-state index in [9.17, 15) is 4.79 Å². The van der Waals surface area contributed by atoms with Crippen molar-refractivity contribution in [3.63, 3.8) is 0 Å². The highest BCUT2D eigenvalue weighted by Crippen LogP contribution is 2.19. The summed E-state index contributed by atoms with van der Waals surface area (Å²) in [7, 11) is 0. The number of hydrogen-bond acceptors (Lipinski definition) is 2. The van der Waals surface area contributed by atoms with Crippen LogP contribution in [0, 0.1) is 0 Å². The summed E-state index contributed by atoms with van der Waals surface area (Å²) in [6.45, 7) is 2.02. The monoisotopic (exact) mass is 197 g/mol. The fourth-order valence-corrected chi connectivity index (χ4v) is 1.60. The molecule has 0 aliphatic heterocycles. The number of hydrogen-bond donors (Lipinski definition) is 2. The Morgan fingerprint density at radius 1 is 1.64 bits per heavy atom. The Bertz CT molecular complexity index is 221. The van der Waals surface area contributed by atoms with E-state index in [1.54, 1.807) is 6.92 Å². The number of rotatable bonds is 4. The van der Waals surface area contributed by atoms with Gasteiger partial charge in [0.15, 0.2) is 0 Å². The lowest BCUT2D eigenvalue weighted by atomic mass is 9.97. The highest BCUT2D eigenvalue weighted by Gasteiger charge is 2.08. The minimum Gasteiger partial charge on any atom is -0.392 e. The van der Waals surface area contributed by atoms with E-state index in [-0.39, 0.29) is 5.91 Å². The zero-order chi connectivity index (χ0) is 10.4. The lowest BCUT2D eigenvalue weighted by molar-refractivity contribution is -0.120. The molecule has 1 atom stereocenters. The number of aliphatic hydroxyl groups is 1. The number of aliphatic hydroxyl groups excluding tert-OH is 1. The zero-order valence-corrected chi connectivity index (χ0v) is 8.75. The van der Waals surface area contributed by atoms with Crippen LogP contribution in [0.5, 0.6) is 0 Å². The van der Waals surface area contributed by atoms with Gasteiger partial charge in [0.05, 0.1) is 6.10 Å². The molecule has 0 bridgehead atoms. The van der Waals surface area contributed by atoms with Gasteiger partial charge in [-0.3, -0.25) is 4.79 Å². The quantitative estimate of drug-likeness (QED) is 0.669. The van der Waals surface area contributed by atoms with Crippen LogP contribution < -0.4 is 5.32 Å². The van der Waals surface area contributed by atoms with Crippen molar-refractivity contribution in [2.45, 2.75) is 45.1 Å². The first-order valence-electron chi connectivity index (χ1n) is 5.31. The van der Waals surface area contributed by atoms with Crippen LogP contribution >= 0.6 is 0 Å². The highest BCUT2D eigenvalue weighted by atomic mass is 16.3. The molecule has 0 saturated heterocycles. The number of amides is 1. The third kappa shape index (κ3) is 4.42. The molecule has 1 aliphatic rings. The molecule has 0 aromatic rings. The third-order valence-corrected chi connectivity index (χ3v) is 2.37. The minimum absolute atomic E-state index is 0.0269. The number of carbonyl (C=O) groups excluding carboxylic acids is 1. The van der Waals surface area contributed by atoms with Gasteiger partial charge in [-0.25, -0.2) is 0 Å². The molecule has 1 amide bonds. The first-order chi connectivity index (χ1) is 6.68. The van der Waals surface area contributed by atoms with E-state index in [1.165, 1.54) is 18.4 Å². The van der Waals surface area contributed by atoms with E-state index in [0.717, 1.165) is 12.8 Å². The van der Waals surface area contributed by atoms with Crippen LogP contribution in [0.4, 0.5) is 0 Å². The lowest BCUT2D eigenvalue weighted by Crippen LogP contribution is -2.30. The molecule has 80 valence electrons. The summed E-state index contributed by atoms with van der Waals surface area (Å²) in [5, 5.41) is 11.7. The molecular formula is C11H19NO2. The molecule has 0 saturated carbocycles. The van der Waals surface area contributed by atoms with Crippen molar-refractivity contribution in [1.82, 2.24) is 5.32 Å². The number of allylic oxidation sites excluding steroid dienone is 1. The predicted molar refractivity (Wildman–Crippen MR) is 55.9 cm³/mol. The van der Waals surface area contributed by atoms with Gasteiger partial charge in [0, 0.05) is 13.0 Å². The summed E-state index contributed by atoms with van der Waals surface area (Å²) in [6, 6.07) is 0. The summed E-state index contributed by atoms with van der Waals surface area (Å²) in [5.41, 5.74) is 1.25. The Morgan fingerprint density at radius 3 is 3.00 bits per heavy atom. The van der Waals surface area contributed by atoms with E-state index >= 15 is 0 Å². The predicted octanol–water partition coefficient (Wildman–Crippen LogP) is 1.37. The van der Waals surface area contributed by atoms with Gasteiger partial charge in [-0.2, -0.15) is 0 Å². The first kappa shape index (κ1) is 11.2. The van der Waals surface area contributed by atoms with E-state index in [1.807, 2.05) is 0 Å². The van der Waals surface area contributed by atoms with Gasteiger partial charge in [0.25, 0.3) is 0 Å². The largest absolute Gasteiger partial charge is 0.392 e. The molecule has 0 unspecified atom stereocenters. The van der Waals surface area contributed by atoms with Gasteiger partial charge < -0.3 is 10.4 Å². The van der Waals surface area contributed by atoms with Gasteiger partial charge in [-0.1, -0.05) is 11.6 Å². The Balaban J connectivity index is 2.22. The van der Waals surface area contributed by atoms with Gasteiger partial charge in [0.1, 0.15) is 0 Å². The molecule has 3 heteroatoms. The van der Waals surface area contributed by atoms with Gasteiger partial charge >= 0.3 is 0 Å². The minimum atomic E-state index is -0.459. The summed E-state index contributed by atoms with van der Waals surface area (Å²) in [6.07, 6.45) is 6.84. The van der Waals surface area contributed by atoms with Crippen LogP contribution in [-0.4, -0.2) is 23.7 Å². The molecule has 0 heterocycles. The first-order valence-corrected chi connectivity index (χ1v) is 5.31. The Hall–Kier alpha value is -0.830. The van der Waals surface area contributed by atoms with Gasteiger partial charge in [-0.05, 0) is 32.6 Å². The second kappa shape index (κ2) is 5.81. The van der Waals surface area contributed by atoms with E-state index in [2.05, 4.69) is 11.4 Å². The van der Waals surface area contributed by atoms with Crippen molar-refractivity contribution < 1.29 is 9.90 Å². The Labute approximate surface area is 85.2 Å².